The minimum absolute atomic E-state index is 0. The largest absolute Gasteiger partial charge is 0.364 e. The Morgan fingerprint density at radius 1 is 1.32 bits per heavy atom. The van der Waals surface area contributed by atoms with E-state index >= 15 is 0 Å². The minimum atomic E-state index is -0.627. The van der Waals surface area contributed by atoms with Gasteiger partial charge in [-0.2, -0.15) is 0 Å². The number of nitrogens with one attached hydrogen (secondary N) is 1. The zero-order chi connectivity index (χ0) is 17.0. The van der Waals surface area contributed by atoms with Crippen LogP contribution in [0.25, 0.3) is 0 Å². The summed E-state index contributed by atoms with van der Waals surface area (Å²) in [6, 6.07) is 3.14. The van der Waals surface area contributed by atoms with Crippen molar-refractivity contribution in [2.45, 2.75) is 31.1 Å². The smallest absolute Gasteiger partial charge is 0.249 e. The molecule has 0 bridgehead atoms. The Bertz CT molecular complexity index is 544. The zero-order valence-corrected chi connectivity index (χ0v) is 15.8. The van der Waals surface area contributed by atoms with Crippen LogP contribution in [0.5, 0.6) is 0 Å². The van der Waals surface area contributed by atoms with Gasteiger partial charge in [-0.05, 0) is 39.1 Å². The van der Waals surface area contributed by atoms with E-state index in [0.29, 0.717) is 13.0 Å². The van der Waals surface area contributed by atoms with Crippen LogP contribution in [0.3, 0.4) is 0 Å². The van der Waals surface area contributed by atoms with E-state index in [1.54, 1.807) is 19.0 Å². The average molecular weight is 400 g/mol. The number of halogens is 4. The molecule has 1 amide bonds. The summed E-state index contributed by atoms with van der Waals surface area (Å²) in [5, 5.41) is 2.72. The zero-order valence-electron chi connectivity index (χ0n) is 14.2. The number of likely N-dealkylation sites (N-methyl/N-ethyl adjacent to an activating group) is 1. The van der Waals surface area contributed by atoms with E-state index in [-0.39, 0.29) is 48.9 Å². The summed E-state index contributed by atoms with van der Waals surface area (Å²) in [5.74, 6) is -1.53. The van der Waals surface area contributed by atoms with Gasteiger partial charge in [0, 0.05) is 18.7 Å². The van der Waals surface area contributed by atoms with Gasteiger partial charge >= 0.3 is 0 Å². The van der Waals surface area contributed by atoms with Crippen LogP contribution in [-0.2, 0) is 9.53 Å². The van der Waals surface area contributed by atoms with Gasteiger partial charge in [-0.25, -0.2) is 8.78 Å². The summed E-state index contributed by atoms with van der Waals surface area (Å²) in [5.41, 5.74) is 5.47. The van der Waals surface area contributed by atoms with Crippen LogP contribution in [-0.4, -0.2) is 50.2 Å². The molecule has 1 aromatic carbocycles. The van der Waals surface area contributed by atoms with Crippen LogP contribution in [0.1, 0.15) is 24.4 Å². The number of benzene rings is 1. The molecule has 1 heterocycles. The molecule has 9 heteroatoms. The van der Waals surface area contributed by atoms with E-state index in [9.17, 15) is 13.6 Å². The van der Waals surface area contributed by atoms with Gasteiger partial charge < -0.3 is 20.7 Å². The Kier molecular flexibility index (Phi) is 10.4. The third-order valence-corrected chi connectivity index (χ3v) is 4.09. The molecule has 1 aliphatic rings. The van der Waals surface area contributed by atoms with Crippen molar-refractivity contribution in [2.24, 2.45) is 5.73 Å². The summed E-state index contributed by atoms with van der Waals surface area (Å²) in [4.78, 5) is 13.8. The predicted octanol–water partition coefficient (Wildman–Crippen LogP) is 2.03. The molecular weight excluding hydrogens is 375 g/mol. The monoisotopic (exact) mass is 399 g/mol. The molecule has 1 unspecified atom stereocenters. The molecule has 0 aromatic heterocycles. The number of carbonyl (C=O) groups is 1. The highest BCUT2D eigenvalue weighted by atomic mass is 35.5. The first-order valence-electron chi connectivity index (χ1n) is 7.67. The van der Waals surface area contributed by atoms with Gasteiger partial charge in [-0.15, -0.1) is 24.8 Å². The fourth-order valence-electron chi connectivity index (χ4n) is 2.75. The topological polar surface area (TPSA) is 67.6 Å². The maximum Gasteiger partial charge on any atom is 0.249 e. The van der Waals surface area contributed by atoms with Crippen LogP contribution >= 0.6 is 24.8 Å². The van der Waals surface area contributed by atoms with E-state index in [1.165, 1.54) is 18.2 Å². The minimum Gasteiger partial charge on any atom is -0.364 e. The standard InChI is InChI=1S/C16H23F2N3O2.2ClH/c1-21(2)13(15-11(17)4-3-5-12(15)18)9-20-16(22)14-7-6-10(8-19)23-14;;/h3-5,10,13-14H,6-9,19H2,1-2H3,(H,20,22);2*1H/t10-,13?,14+;;/m1../s1. The fraction of sp³-hybridized carbons (Fsp3) is 0.562. The lowest BCUT2D eigenvalue weighted by molar-refractivity contribution is -0.132. The molecule has 1 fully saturated rings. The highest BCUT2D eigenvalue weighted by Crippen LogP contribution is 2.24. The summed E-state index contributed by atoms with van der Waals surface area (Å²) in [6.07, 6.45) is 0.707. The number of amides is 1. The number of ether oxygens (including phenoxy) is 1. The van der Waals surface area contributed by atoms with Gasteiger partial charge in [0.1, 0.15) is 17.7 Å². The first kappa shape index (κ1) is 24.0. The molecular formula is C16H25Cl2F2N3O2. The lowest BCUT2D eigenvalue weighted by atomic mass is 10.0. The van der Waals surface area contributed by atoms with Gasteiger partial charge in [-0.3, -0.25) is 4.79 Å². The quantitative estimate of drug-likeness (QED) is 0.767. The second kappa shape index (κ2) is 10.9. The second-order valence-electron chi connectivity index (χ2n) is 5.92. The van der Waals surface area contributed by atoms with Gasteiger partial charge in [0.25, 0.3) is 0 Å². The normalized spacial score (nSPS) is 20.6. The number of hydrogen-bond donors (Lipinski definition) is 2. The molecule has 25 heavy (non-hydrogen) atoms. The molecule has 0 aliphatic carbocycles. The summed E-state index contributed by atoms with van der Waals surface area (Å²) in [6.45, 7) is 0.474. The number of hydrogen-bond acceptors (Lipinski definition) is 4. The number of rotatable bonds is 6. The maximum atomic E-state index is 14.0. The Hall–Kier alpha value is -0.990. The first-order valence-corrected chi connectivity index (χ1v) is 7.67. The number of carbonyl (C=O) groups excluding carboxylic acids is 1. The maximum absolute atomic E-state index is 14.0. The second-order valence-corrected chi connectivity index (χ2v) is 5.92. The Morgan fingerprint density at radius 3 is 2.40 bits per heavy atom. The van der Waals surface area contributed by atoms with Crippen LogP contribution in [0, 0.1) is 11.6 Å². The predicted molar refractivity (Wildman–Crippen MR) is 97.2 cm³/mol. The molecule has 0 saturated carbocycles. The third-order valence-electron chi connectivity index (χ3n) is 4.09. The lowest BCUT2D eigenvalue weighted by Crippen LogP contribution is -2.40. The molecule has 1 saturated heterocycles. The highest BCUT2D eigenvalue weighted by molar-refractivity contribution is 5.85. The van der Waals surface area contributed by atoms with Crippen LogP contribution in [0.4, 0.5) is 8.78 Å². The van der Waals surface area contributed by atoms with Crippen molar-refractivity contribution in [2.75, 3.05) is 27.2 Å². The molecule has 5 nitrogen and oxygen atoms in total. The molecule has 1 aromatic rings. The highest BCUT2D eigenvalue weighted by Gasteiger charge is 2.31. The average Bonchev–Trinajstić information content (AvgIpc) is 2.98. The SMILES string of the molecule is CN(C)C(CNC(=O)[C@@H]1CC[C@H](CN)O1)c1c(F)cccc1F.Cl.Cl. The van der Waals surface area contributed by atoms with Crippen LogP contribution in [0.2, 0.25) is 0 Å². The van der Waals surface area contributed by atoms with Gasteiger partial charge in [-0.1, -0.05) is 6.07 Å². The molecule has 2 rings (SSSR count). The van der Waals surface area contributed by atoms with Crippen molar-refractivity contribution in [1.82, 2.24) is 10.2 Å². The Morgan fingerprint density at radius 2 is 1.92 bits per heavy atom. The summed E-state index contributed by atoms with van der Waals surface area (Å²) >= 11 is 0. The Balaban J connectivity index is 0.00000288. The van der Waals surface area contributed by atoms with Crippen molar-refractivity contribution in [1.29, 1.82) is 0 Å². The molecule has 1 aliphatic heterocycles. The number of nitrogens with two attached hydrogens (primary N) is 1. The molecule has 144 valence electrons. The van der Waals surface area contributed by atoms with E-state index < -0.39 is 23.8 Å². The third kappa shape index (κ3) is 6.04. The Labute approximate surface area is 159 Å². The van der Waals surface area contributed by atoms with Crippen molar-refractivity contribution in [3.05, 3.63) is 35.4 Å². The van der Waals surface area contributed by atoms with Crippen molar-refractivity contribution >= 4 is 30.7 Å². The van der Waals surface area contributed by atoms with E-state index in [1.807, 2.05) is 0 Å². The first-order chi connectivity index (χ1) is 10.9. The van der Waals surface area contributed by atoms with Gasteiger partial charge in [0.2, 0.25) is 5.91 Å². The van der Waals surface area contributed by atoms with Crippen molar-refractivity contribution in [3.8, 4) is 0 Å². The van der Waals surface area contributed by atoms with E-state index in [2.05, 4.69) is 5.32 Å². The molecule has 0 spiro atoms. The van der Waals surface area contributed by atoms with Crippen molar-refractivity contribution in [3.63, 3.8) is 0 Å². The summed E-state index contributed by atoms with van der Waals surface area (Å²) in [7, 11) is 3.42. The van der Waals surface area contributed by atoms with Crippen LogP contribution < -0.4 is 11.1 Å². The van der Waals surface area contributed by atoms with Crippen LogP contribution in [0.15, 0.2) is 18.2 Å². The van der Waals surface area contributed by atoms with E-state index in [0.717, 1.165) is 6.42 Å². The molecule has 3 N–H and O–H groups in total. The number of nitrogens with zero attached hydrogens (tertiary/aromatic N) is 1. The van der Waals surface area contributed by atoms with Gasteiger partial charge in [0.15, 0.2) is 0 Å². The lowest BCUT2D eigenvalue weighted by Gasteiger charge is -2.26. The van der Waals surface area contributed by atoms with E-state index in [4.69, 9.17) is 10.5 Å². The summed E-state index contributed by atoms with van der Waals surface area (Å²) < 4.78 is 33.5. The fourth-order valence-corrected chi connectivity index (χ4v) is 2.75. The van der Waals surface area contributed by atoms with Crippen molar-refractivity contribution < 1.29 is 18.3 Å². The molecule has 0 radical (unpaired) electrons. The molecule has 3 atom stereocenters. The van der Waals surface area contributed by atoms with Gasteiger partial charge in [0.05, 0.1) is 12.1 Å².